The van der Waals surface area contributed by atoms with Crippen LogP contribution in [0, 0.1) is 27.3 Å². The van der Waals surface area contributed by atoms with Crippen molar-refractivity contribution in [2.24, 2.45) is 11.3 Å². The standard InChI is InChI=1S/C61H73FN8O9S/c1-39(2)47-12-8-9-13-48(47)54-36-67(35-41-14-19-55(57(26-41)77-4)78-44-10-6-5-7-11-44)24-25-69(54)43-30-61(31-43)37-68(38-61)42-15-17-49(56(27-42)79-45-28-50-51(62)34-65-58(50)64-33-45)59(71)66-80(75,76)46-16-18-52(53(29-46)70(73)74)63-32-40-20-22-60(3,72)23-21-40/h8-9,12-19,26-29,33-34,39-40,43-44,54,63,72H,5-7,10-11,20-25,30-32,35-38H2,1-4H3,(H,64,65)(H,66,71)/t40?,54-,60?/m0/s1. The quantitative estimate of drug-likeness (QED) is 0.0467. The molecule has 5 fully saturated rings. The third kappa shape index (κ3) is 11.8. The van der Waals surface area contributed by atoms with Crippen LogP contribution in [0.25, 0.3) is 11.0 Å². The molecule has 5 aliphatic rings. The van der Waals surface area contributed by atoms with E-state index in [2.05, 4.69) is 91.0 Å². The molecule has 80 heavy (non-hydrogen) atoms. The zero-order valence-electron chi connectivity index (χ0n) is 46.1. The van der Waals surface area contributed by atoms with Crippen LogP contribution in [0.4, 0.5) is 21.5 Å². The summed E-state index contributed by atoms with van der Waals surface area (Å²) in [6, 6.07) is 25.8. The second kappa shape index (κ2) is 22.6. The van der Waals surface area contributed by atoms with Crippen molar-refractivity contribution in [1.82, 2.24) is 24.5 Å². The number of carbonyl (C=O) groups excluding carboxylic acids is 1. The molecule has 1 amide bonds. The summed E-state index contributed by atoms with van der Waals surface area (Å²) in [4.78, 5) is 39.9. The molecule has 6 aromatic rings. The number of aliphatic hydroxyl groups is 1. The number of nitrogens with one attached hydrogen (secondary N) is 3. The zero-order valence-corrected chi connectivity index (χ0v) is 46.9. The Kier molecular flexibility index (Phi) is 15.6. The number of H-pyrrole nitrogens is 1. The first-order chi connectivity index (χ1) is 38.4. The number of carbonyl (C=O) groups is 1. The normalized spacial score (nSPS) is 22.0. The number of anilines is 2. The molecule has 4 aromatic carbocycles. The van der Waals surface area contributed by atoms with Gasteiger partial charge in [-0.2, -0.15) is 0 Å². The Morgan fingerprint density at radius 2 is 1.73 bits per heavy atom. The van der Waals surface area contributed by atoms with E-state index in [4.69, 9.17) is 14.2 Å². The van der Waals surface area contributed by atoms with Gasteiger partial charge >= 0.3 is 0 Å². The Bertz CT molecular complexity index is 3360. The number of pyridine rings is 1. The number of sulfonamides is 1. The maximum absolute atomic E-state index is 14.8. The summed E-state index contributed by atoms with van der Waals surface area (Å²) >= 11 is 0. The number of methoxy groups -OCH3 is 1. The lowest BCUT2D eigenvalue weighted by Crippen LogP contribution is -2.68. The molecular weight excluding hydrogens is 1040 g/mol. The molecule has 4 heterocycles. The van der Waals surface area contributed by atoms with Gasteiger partial charge in [0.15, 0.2) is 11.5 Å². The van der Waals surface area contributed by atoms with Crippen molar-refractivity contribution in [2.45, 2.75) is 133 Å². The highest BCUT2D eigenvalue weighted by Gasteiger charge is 2.55. The van der Waals surface area contributed by atoms with Gasteiger partial charge in [0.05, 0.1) is 45.8 Å². The number of amides is 1. The van der Waals surface area contributed by atoms with Gasteiger partial charge in [-0.25, -0.2) is 22.5 Å². The van der Waals surface area contributed by atoms with E-state index in [1.165, 1.54) is 72.6 Å². The van der Waals surface area contributed by atoms with E-state index < -0.39 is 42.9 Å². The fourth-order valence-corrected chi connectivity index (χ4v) is 14.0. The number of ether oxygens (including phenoxy) is 3. The maximum Gasteiger partial charge on any atom is 0.293 e. The van der Waals surface area contributed by atoms with Crippen molar-refractivity contribution < 1.29 is 41.8 Å². The Morgan fingerprint density at radius 3 is 2.48 bits per heavy atom. The van der Waals surface area contributed by atoms with Gasteiger partial charge in [-0.1, -0.05) is 50.6 Å². The number of fused-ring (bicyclic) bond motifs is 1. The molecule has 2 aromatic heterocycles. The summed E-state index contributed by atoms with van der Waals surface area (Å²) in [6.45, 7) is 11.8. The van der Waals surface area contributed by atoms with E-state index in [9.17, 15) is 32.8 Å². The van der Waals surface area contributed by atoms with Crippen LogP contribution in [0.1, 0.15) is 130 Å². The van der Waals surface area contributed by atoms with Crippen molar-refractivity contribution in [3.63, 3.8) is 0 Å². The molecule has 2 saturated heterocycles. The number of aromatic amines is 1. The largest absolute Gasteiger partial charge is 0.493 e. The second-order valence-corrected chi connectivity index (χ2v) is 25.4. The molecule has 11 rings (SSSR count). The Morgan fingerprint density at radius 1 is 0.950 bits per heavy atom. The van der Waals surface area contributed by atoms with Crippen molar-refractivity contribution in [3.8, 4) is 23.0 Å². The third-order valence-electron chi connectivity index (χ3n) is 17.5. The number of hydrogen-bond acceptors (Lipinski definition) is 14. The maximum atomic E-state index is 14.8. The first-order valence-electron chi connectivity index (χ1n) is 28.3. The number of piperazine rings is 1. The predicted molar refractivity (Wildman–Crippen MR) is 305 cm³/mol. The second-order valence-electron chi connectivity index (χ2n) is 23.7. The van der Waals surface area contributed by atoms with Gasteiger partial charge in [-0.05, 0) is 142 Å². The highest BCUT2D eigenvalue weighted by molar-refractivity contribution is 7.90. The predicted octanol–water partition coefficient (Wildman–Crippen LogP) is 11.2. The van der Waals surface area contributed by atoms with Gasteiger partial charge in [0.25, 0.3) is 21.6 Å². The van der Waals surface area contributed by atoms with Gasteiger partial charge in [0, 0.05) is 87.3 Å². The van der Waals surface area contributed by atoms with Gasteiger partial charge in [-0.3, -0.25) is 24.7 Å². The first-order valence-corrected chi connectivity index (χ1v) is 29.8. The number of hydrogen-bond donors (Lipinski definition) is 4. The molecule has 4 N–H and O–H groups in total. The summed E-state index contributed by atoms with van der Waals surface area (Å²) in [5.41, 5.74) is 3.91. The lowest BCUT2D eigenvalue weighted by atomic mass is 9.59. The van der Waals surface area contributed by atoms with Crippen LogP contribution in [0.2, 0.25) is 0 Å². The lowest BCUT2D eigenvalue weighted by molar-refractivity contribution is -0.384. The highest BCUT2D eigenvalue weighted by atomic mass is 32.2. The average molecular weight is 1110 g/mol. The number of aromatic nitrogens is 2. The van der Waals surface area contributed by atoms with Crippen molar-refractivity contribution in [2.75, 3.05) is 56.6 Å². The topological polar surface area (TPSA) is 205 Å². The third-order valence-corrected chi connectivity index (χ3v) is 18.9. The van der Waals surface area contributed by atoms with Crippen LogP contribution >= 0.6 is 0 Å². The summed E-state index contributed by atoms with van der Waals surface area (Å²) < 4.78 is 63.3. The number of nitro benzene ring substituents is 1. The van der Waals surface area contributed by atoms with Crippen LogP contribution < -0.4 is 29.1 Å². The number of nitrogens with zero attached hydrogens (tertiary/aromatic N) is 5. The fourth-order valence-electron chi connectivity index (χ4n) is 13.0. The van der Waals surface area contributed by atoms with Gasteiger partial charge in [-0.15, -0.1) is 0 Å². The van der Waals surface area contributed by atoms with Crippen LogP contribution in [0.5, 0.6) is 23.0 Å². The molecule has 424 valence electrons. The smallest absolute Gasteiger partial charge is 0.293 e. The van der Waals surface area contributed by atoms with Crippen LogP contribution in [0.15, 0.2) is 102 Å². The van der Waals surface area contributed by atoms with E-state index in [0.29, 0.717) is 37.0 Å². The number of benzene rings is 4. The minimum Gasteiger partial charge on any atom is -0.493 e. The molecule has 1 atom stereocenters. The number of rotatable bonds is 18. The van der Waals surface area contributed by atoms with Crippen LogP contribution in [-0.4, -0.2) is 108 Å². The zero-order chi connectivity index (χ0) is 55.9. The summed E-state index contributed by atoms with van der Waals surface area (Å²) in [6.07, 6.45) is 13.4. The summed E-state index contributed by atoms with van der Waals surface area (Å²) in [7, 11) is -2.93. The minimum atomic E-state index is -4.65. The minimum absolute atomic E-state index is 0.0150. The molecule has 3 aliphatic carbocycles. The van der Waals surface area contributed by atoms with Gasteiger partial charge < -0.3 is 34.5 Å². The Balaban J connectivity index is 0.782. The Labute approximate surface area is 467 Å². The number of halogens is 1. The van der Waals surface area contributed by atoms with Gasteiger partial charge in [0.2, 0.25) is 0 Å². The highest BCUT2D eigenvalue weighted by Crippen LogP contribution is 2.54. The van der Waals surface area contributed by atoms with Crippen molar-refractivity contribution in [1.29, 1.82) is 0 Å². The van der Waals surface area contributed by atoms with E-state index in [0.717, 1.165) is 101 Å². The summed E-state index contributed by atoms with van der Waals surface area (Å²) in [5.74, 6) is 0.711. The van der Waals surface area contributed by atoms with E-state index in [1.807, 2.05) is 0 Å². The number of nitro groups is 1. The molecule has 2 aliphatic heterocycles. The molecule has 0 bridgehead atoms. The molecule has 1 spiro atoms. The monoisotopic (exact) mass is 1110 g/mol. The molecule has 0 radical (unpaired) electrons. The molecule has 19 heteroatoms. The lowest BCUT2D eigenvalue weighted by Gasteiger charge is -2.63. The first kappa shape index (κ1) is 55.1. The van der Waals surface area contributed by atoms with E-state index in [-0.39, 0.29) is 51.6 Å². The fraction of sp³-hybridized carbons (Fsp3) is 0.475. The average Bonchev–Trinajstić information content (AvgIpc) is 3.96. The van der Waals surface area contributed by atoms with Gasteiger partial charge in [0.1, 0.15) is 28.7 Å². The molecular formula is C61H73FN8O9S. The Hall–Kier alpha value is -6.80. The van der Waals surface area contributed by atoms with Crippen LogP contribution in [0.3, 0.4) is 0 Å². The van der Waals surface area contributed by atoms with E-state index >= 15 is 0 Å². The molecule has 17 nitrogen and oxygen atoms in total. The van der Waals surface area contributed by atoms with Crippen molar-refractivity contribution in [3.05, 3.63) is 136 Å². The molecule has 3 saturated carbocycles. The van der Waals surface area contributed by atoms with Crippen LogP contribution in [-0.2, 0) is 16.6 Å². The van der Waals surface area contributed by atoms with E-state index in [1.54, 1.807) is 26.2 Å². The SMILES string of the molecule is COc1cc(CN2CCN(C3CC4(C3)CN(c3ccc(C(=O)NS(=O)(=O)c5ccc(NCC6CCC(C)(O)CC6)c([N+](=O)[O-])c5)c(Oc5cnc6[nH]cc(F)c6c5)c3)C4)[C@H](c3ccccc3C(C)C)C2)ccc1OC1CCCCC1. The van der Waals surface area contributed by atoms with Crippen molar-refractivity contribution >= 4 is 44.0 Å². The molecule has 0 unspecified atom stereocenters. The summed E-state index contributed by atoms with van der Waals surface area (Å²) in [5, 5.41) is 25.9.